The number of Topliss-reactive ketones (excluding diaryl/α,β-unsaturated/α-hetero) is 1. The number of hydrogen-bond donors (Lipinski definition) is 2. The summed E-state index contributed by atoms with van der Waals surface area (Å²) in [5.41, 5.74) is 0.233. The number of rotatable bonds is 5. The number of primary sulfonamides is 1. The molecule has 1 saturated carbocycles. The normalized spacial score (nSPS) is 27.4. The molecule has 1 aromatic carbocycles. The number of amides is 2. The molecule has 168 valence electrons. The summed E-state index contributed by atoms with van der Waals surface area (Å²) >= 11 is 0. The SMILES string of the molecule is C[C@H]1CN(C(=O)[C@@H](NC(=O)c2ccc(S(N)(=O)=O)cc2)C2CCCC2)[C@@H]2C(=O)CO[C@@H]21. The quantitative estimate of drug-likeness (QED) is 0.669. The van der Waals surface area contributed by atoms with Gasteiger partial charge in [0.05, 0.1) is 11.0 Å². The Bertz CT molecular complexity index is 987. The molecule has 0 radical (unpaired) electrons. The first-order chi connectivity index (χ1) is 14.7. The molecule has 3 aliphatic rings. The highest BCUT2D eigenvalue weighted by Gasteiger charge is 2.52. The summed E-state index contributed by atoms with van der Waals surface area (Å²) in [5, 5.41) is 7.96. The zero-order chi connectivity index (χ0) is 22.3. The van der Waals surface area contributed by atoms with Crippen molar-refractivity contribution in [2.75, 3.05) is 13.2 Å². The summed E-state index contributed by atoms with van der Waals surface area (Å²) in [6, 6.07) is 3.93. The smallest absolute Gasteiger partial charge is 0.251 e. The molecule has 2 amide bonds. The van der Waals surface area contributed by atoms with Gasteiger partial charge in [-0.15, -0.1) is 0 Å². The van der Waals surface area contributed by atoms with E-state index in [0.717, 1.165) is 25.7 Å². The van der Waals surface area contributed by atoms with Crippen LogP contribution in [0.5, 0.6) is 0 Å². The number of benzene rings is 1. The molecule has 0 unspecified atom stereocenters. The highest BCUT2D eigenvalue weighted by atomic mass is 32.2. The number of carbonyl (C=O) groups excluding carboxylic acids is 3. The number of carbonyl (C=O) groups is 3. The van der Waals surface area contributed by atoms with E-state index < -0.39 is 28.0 Å². The van der Waals surface area contributed by atoms with Gasteiger partial charge in [-0.25, -0.2) is 13.6 Å². The van der Waals surface area contributed by atoms with Crippen LogP contribution in [0.2, 0.25) is 0 Å². The van der Waals surface area contributed by atoms with Crippen molar-refractivity contribution < 1.29 is 27.5 Å². The van der Waals surface area contributed by atoms with E-state index in [1.807, 2.05) is 6.92 Å². The van der Waals surface area contributed by atoms with Crippen molar-refractivity contribution in [1.29, 1.82) is 0 Å². The molecule has 2 saturated heterocycles. The lowest BCUT2D eigenvalue weighted by Gasteiger charge is -2.30. The molecule has 3 N–H and O–H groups in total. The van der Waals surface area contributed by atoms with Crippen molar-refractivity contribution in [1.82, 2.24) is 10.2 Å². The molecule has 3 fully saturated rings. The fraction of sp³-hybridized carbons (Fsp3) is 0.571. The lowest BCUT2D eigenvalue weighted by molar-refractivity contribution is -0.139. The monoisotopic (exact) mass is 449 g/mol. The minimum atomic E-state index is -3.86. The van der Waals surface area contributed by atoms with Crippen molar-refractivity contribution in [3.05, 3.63) is 29.8 Å². The van der Waals surface area contributed by atoms with Gasteiger partial charge in [0.2, 0.25) is 15.9 Å². The summed E-state index contributed by atoms with van der Waals surface area (Å²) in [6.07, 6.45) is 3.32. The number of likely N-dealkylation sites (tertiary alicyclic amines) is 1. The molecular formula is C21H27N3O6S. The molecule has 9 nitrogen and oxygen atoms in total. The molecule has 4 rings (SSSR count). The van der Waals surface area contributed by atoms with Gasteiger partial charge in [0.25, 0.3) is 5.91 Å². The van der Waals surface area contributed by atoms with E-state index in [4.69, 9.17) is 9.88 Å². The maximum absolute atomic E-state index is 13.5. The average molecular weight is 450 g/mol. The summed E-state index contributed by atoms with van der Waals surface area (Å²) < 4.78 is 28.5. The Morgan fingerprint density at radius 3 is 2.45 bits per heavy atom. The van der Waals surface area contributed by atoms with Gasteiger partial charge in [0.1, 0.15) is 18.7 Å². The first kappa shape index (κ1) is 21.9. The molecule has 1 aliphatic carbocycles. The largest absolute Gasteiger partial charge is 0.367 e. The van der Waals surface area contributed by atoms with Gasteiger partial charge >= 0.3 is 0 Å². The number of fused-ring (bicyclic) bond motifs is 1. The van der Waals surface area contributed by atoms with E-state index >= 15 is 0 Å². The lowest BCUT2D eigenvalue weighted by atomic mass is 9.95. The molecule has 1 aromatic rings. The van der Waals surface area contributed by atoms with Gasteiger partial charge in [-0.1, -0.05) is 19.8 Å². The van der Waals surface area contributed by atoms with Gasteiger partial charge in [-0.2, -0.15) is 0 Å². The molecule has 0 spiro atoms. The summed E-state index contributed by atoms with van der Waals surface area (Å²) in [5.74, 6) is -0.778. The molecule has 0 aromatic heterocycles. The van der Waals surface area contributed by atoms with E-state index in [9.17, 15) is 22.8 Å². The fourth-order valence-corrected chi connectivity index (χ4v) is 5.51. The van der Waals surface area contributed by atoms with E-state index in [2.05, 4.69) is 5.32 Å². The Hall–Kier alpha value is -2.30. The number of sulfonamides is 1. The van der Waals surface area contributed by atoms with E-state index in [0.29, 0.717) is 6.54 Å². The zero-order valence-electron chi connectivity index (χ0n) is 17.3. The Balaban J connectivity index is 1.55. The van der Waals surface area contributed by atoms with Crippen LogP contribution in [-0.4, -0.2) is 62.3 Å². The third kappa shape index (κ3) is 4.24. The van der Waals surface area contributed by atoms with Crippen LogP contribution >= 0.6 is 0 Å². The Labute approximate surface area is 181 Å². The summed E-state index contributed by atoms with van der Waals surface area (Å²) in [6.45, 7) is 2.39. The van der Waals surface area contributed by atoms with Crippen molar-refractivity contribution in [2.24, 2.45) is 17.0 Å². The molecule has 4 atom stereocenters. The van der Waals surface area contributed by atoms with Crippen molar-refractivity contribution in [2.45, 2.75) is 55.7 Å². The average Bonchev–Trinajstić information content (AvgIpc) is 3.45. The second-order valence-corrected chi connectivity index (χ2v) is 10.3. The van der Waals surface area contributed by atoms with Crippen LogP contribution in [0.4, 0.5) is 0 Å². The number of nitrogens with zero attached hydrogens (tertiary/aromatic N) is 1. The molecule has 2 aliphatic heterocycles. The standard InChI is InChI=1S/C21H27N3O6S/c1-12-10-24(18-16(25)11-30-19(12)18)21(27)17(13-4-2-3-5-13)23-20(26)14-6-8-15(9-7-14)31(22,28)29/h6-9,12-13,17-19H,2-5,10-11H2,1H3,(H,23,26)(H2,22,28,29)/t12-,17-,18+,19+/m0/s1. The predicted octanol–water partition coefficient (Wildman–Crippen LogP) is 0.437. The van der Waals surface area contributed by atoms with Crippen LogP contribution in [0.25, 0.3) is 0 Å². The van der Waals surface area contributed by atoms with Gasteiger partial charge < -0.3 is 15.0 Å². The first-order valence-electron chi connectivity index (χ1n) is 10.6. The van der Waals surface area contributed by atoms with Gasteiger partial charge in [-0.05, 0) is 43.0 Å². The summed E-state index contributed by atoms with van der Waals surface area (Å²) in [4.78, 5) is 40.3. The maximum Gasteiger partial charge on any atom is 0.251 e. The minimum absolute atomic E-state index is 0.00748. The third-order valence-electron chi connectivity index (χ3n) is 6.59. The summed E-state index contributed by atoms with van der Waals surface area (Å²) in [7, 11) is -3.86. The van der Waals surface area contributed by atoms with Crippen molar-refractivity contribution in [3.63, 3.8) is 0 Å². The van der Waals surface area contributed by atoms with Gasteiger partial charge in [-0.3, -0.25) is 14.4 Å². The molecule has 0 bridgehead atoms. The highest BCUT2D eigenvalue weighted by Crippen LogP contribution is 2.34. The second kappa shape index (κ2) is 8.33. The molecule has 10 heteroatoms. The maximum atomic E-state index is 13.5. The number of ketones is 1. The van der Waals surface area contributed by atoms with Gasteiger partial charge in [0, 0.05) is 18.0 Å². The van der Waals surface area contributed by atoms with Crippen LogP contribution in [0.1, 0.15) is 43.0 Å². The van der Waals surface area contributed by atoms with Gasteiger partial charge in [0.15, 0.2) is 5.78 Å². The number of nitrogens with one attached hydrogen (secondary N) is 1. The van der Waals surface area contributed by atoms with Crippen LogP contribution in [-0.2, 0) is 24.3 Å². The van der Waals surface area contributed by atoms with Crippen molar-refractivity contribution in [3.8, 4) is 0 Å². The molecule has 2 heterocycles. The Morgan fingerprint density at radius 2 is 1.84 bits per heavy atom. The minimum Gasteiger partial charge on any atom is -0.367 e. The first-order valence-corrected chi connectivity index (χ1v) is 12.1. The van der Waals surface area contributed by atoms with E-state index in [-0.39, 0.29) is 46.7 Å². The van der Waals surface area contributed by atoms with Crippen LogP contribution in [0.15, 0.2) is 29.2 Å². The number of nitrogens with two attached hydrogens (primary N) is 1. The van der Waals surface area contributed by atoms with Crippen LogP contribution < -0.4 is 10.5 Å². The number of ether oxygens (including phenoxy) is 1. The topological polar surface area (TPSA) is 136 Å². The van der Waals surface area contributed by atoms with E-state index in [1.54, 1.807) is 4.90 Å². The second-order valence-electron chi connectivity index (χ2n) is 8.72. The third-order valence-corrected chi connectivity index (χ3v) is 7.52. The predicted molar refractivity (Wildman–Crippen MR) is 110 cm³/mol. The van der Waals surface area contributed by atoms with Crippen molar-refractivity contribution >= 4 is 27.6 Å². The van der Waals surface area contributed by atoms with Crippen LogP contribution in [0, 0.1) is 11.8 Å². The lowest BCUT2D eigenvalue weighted by Crippen LogP contribution is -2.54. The highest BCUT2D eigenvalue weighted by molar-refractivity contribution is 7.89. The molecule has 31 heavy (non-hydrogen) atoms. The Kier molecular flexibility index (Phi) is 5.89. The molecular weight excluding hydrogens is 422 g/mol. The Morgan fingerprint density at radius 1 is 1.19 bits per heavy atom. The number of hydrogen-bond acceptors (Lipinski definition) is 6. The zero-order valence-corrected chi connectivity index (χ0v) is 18.1. The fourth-order valence-electron chi connectivity index (χ4n) is 4.99. The van der Waals surface area contributed by atoms with E-state index in [1.165, 1.54) is 24.3 Å². The van der Waals surface area contributed by atoms with Crippen LogP contribution in [0.3, 0.4) is 0 Å².